The Balaban J connectivity index is 2.41. The molecule has 0 radical (unpaired) electrons. The highest BCUT2D eigenvalue weighted by atomic mass is 16.1. The third-order valence-corrected chi connectivity index (χ3v) is 2.07. The maximum absolute atomic E-state index is 11.2. The number of fused-ring (bicyclic) bond motifs is 1. The Bertz CT molecular complexity index is 461. The van der Waals surface area contributed by atoms with Crippen molar-refractivity contribution in [1.29, 1.82) is 0 Å². The van der Waals surface area contributed by atoms with Gasteiger partial charge in [0.15, 0.2) is 0 Å². The number of nitrogens with zero attached hydrogens (tertiary/aromatic N) is 1. The lowest BCUT2D eigenvalue weighted by Gasteiger charge is -2.03. The van der Waals surface area contributed by atoms with Crippen LogP contribution in [0.25, 0.3) is 10.9 Å². The van der Waals surface area contributed by atoms with Crippen molar-refractivity contribution in [3.05, 3.63) is 24.4 Å². The first-order chi connectivity index (χ1) is 6.81. The van der Waals surface area contributed by atoms with Gasteiger partial charge in [0.25, 0.3) is 0 Å². The second kappa shape index (κ2) is 3.49. The summed E-state index contributed by atoms with van der Waals surface area (Å²) >= 11 is 0. The first kappa shape index (κ1) is 8.74. The molecule has 0 saturated carbocycles. The average molecular weight is 189 g/mol. The molecule has 0 bridgehead atoms. The molecule has 0 fully saturated rings. The van der Waals surface area contributed by atoms with Crippen LogP contribution in [-0.4, -0.2) is 16.1 Å². The summed E-state index contributed by atoms with van der Waals surface area (Å²) in [5.74, 6) is 0.00657. The van der Waals surface area contributed by atoms with E-state index in [-0.39, 0.29) is 5.91 Å². The highest BCUT2D eigenvalue weighted by Gasteiger charge is 2.04. The Hall–Kier alpha value is -1.84. The van der Waals surface area contributed by atoms with Gasteiger partial charge in [-0.15, -0.1) is 0 Å². The van der Waals surface area contributed by atoms with E-state index < -0.39 is 0 Å². The summed E-state index contributed by atoms with van der Waals surface area (Å²) in [4.78, 5) is 11.2. The van der Waals surface area contributed by atoms with Crippen LogP contribution in [0.5, 0.6) is 0 Å². The van der Waals surface area contributed by atoms with Crippen molar-refractivity contribution in [1.82, 2.24) is 10.2 Å². The van der Waals surface area contributed by atoms with E-state index in [9.17, 15) is 4.79 Å². The molecule has 4 heteroatoms. The number of hydrogen-bond acceptors (Lipinski definition) is 2. The Morgan fingerprint density at radius 1 is 1.57 bits per heavy atom. The SMILES string of the molecule is CCC(=O)Nc1cccc2cn[nH]c12. The highest BCUT2D eigenvalue weighted by Crippen LogP contribution is 2.20. The van der Waals surface area contributed by atoms with Gasteiger partial charge >= 0.3 is 0 Å². The van der Waals surface area contributed by atoms with Crippen molar-refractivity contribution in [2.24, 2.45) is 0 Å². The molecule has 1 amide bonds. The Labute approximate surface area is 81.3 Å². The van der Waals surface area contributed by atoms with E-state index in [0.29, 0.717) is 6.42 Å². The average Bonchev–Trinajstić information content (AvgIpc) is 2.66. The number of rotatable bonds is 2. The zero-order valence-electron chi connectivity index (χ0n) is 7.87. The fraction of sp³-hybridized carbons (Fsp3) is 0.200. The van der Waals surface area contributed by atoms with Gasteiger partial charge in [-0.3, -0.25) is 9.89 Å². The van der Waals surface area contributed by atoms with Crippen LogP contribution >= 0.6 is 0 Å². The smallest absolute Gasteiger partial charge is 0.224 e. The second-order valence-electron chi connectivity index (χ2n) is 3.04. The molecule has 1 aromatic carbocycles. The maximum Gasteiger partial charge on any atom is 0.224 e. The molecule has 0 spiro atoms. The predicted octanol–water partition coefficient (Wildman–Crippen LogP) is 1.91. The Kier molecular flexibility index (Phi) is 2.18. The quantitative estimate of drug-likeness (QED) is 0.758. The van der Waals surface area contributed by atoms with E-state index in [1.807, 2.05) is 25.1 Å². The van der Waals surface area contributed by atoms with E-state index in [0.717, 1.165) is 16.6 Å². The van der Waals surface area contributed by atoms with Gasteiger partial charge in [0.1, 0.15) is 0 Å². The number of carbonyl (C=O) groups is 1. The molecule has 0 aliphatic rings. The lowest BCUT2D eigenvalue weighted by Crippen LogP contribution is -2.09. The van der Waals surface area contributed by atoms with E-state index in [1.165, 1.54) is 0 Å². The van der Waals surface area contributed by atoms with Gasteiger partial charge in [0.05, 0.1) is 17.4 Å². The first-order valence-electron chi connectivity index (χ1n) is 4.53. The zero-order chi connectivity index (χ0) is 9.97. The molecular formula is C10H11N3O. The van der Waals surface area contributed by atoms with E-state index in [4.69, 9.17) is 0 Å². The summed E-state index contributed by atoms with van der Waals surface area (Å²) in [6, 6.07) is 5.69. The molecule has 72 valence electrons. The van der Waals surface area contributed by atoms with Crippen LogP contribution in [0.4, 0.5) is 5.69 Å². The van der Waals surface area contributed by atoms with Gasteiger partial charge in [-0.25, -0.2) is 0 Å². The number of aromatic amines is 1. The fourth-order valence-corrected chi connectivity index (χ4v) is 1.31. The minimum atomic E-state index is 0.00657. The van der Waals surface area contributed by atoms with Gasteiger partial charge in [-0.05, 0) is 6.07 Å². The Morgan fingerprint density at radius 2 is 2.43 bits per heavy atom. The van der Waals surface area contributed by atoms with Crippen LogP contribution < -0.4 is 5.32 Å². The molecule has 0 unspecified atom stereocenters. The number of amides is 1. The zero-order valence-corrected chi connectivity index (χ0v) is 7.87. The van der Waals surface area contributed by atoms with Crippen molar-refractivity contribution >= 4 is 22.5 Å². The lowest BCUT2D eigenvalue weighted by molar-refractivity contribution is -0.115. The van der Waals surface area contributed by atoms with Crippen molar-refractivity contribution in [2.45, 2.75) is 13.3 Å². The number of para-hydroxylation sites is 1. The number of aromatic nitrogens is 2. The van der Waals surface area contributed by atoms with Crippen molar-refractivity contribution < 1.29 is 4.79 Å². The molecule has 2 N–H and O–H groups in total. The molecular weight excluding hydrogens is 178 g/mol. The molecule has 14 heavy (non-hydrogen) atoms. The van der Waals surface area contributed by atoms with Gasteiger partial charge in [-0.1, -0.05) is 19.1 Å². The summed E-state index contributed by atoms with van der Waals surface area (Å²) in [5, 5.41) is 10.6. The van der Waals surface area contributed by atoms with Gasteiger partial charge < -0.3 is 5.32 Å². The normalized spacial score (nSPS) is 10.4. The van der Waals surface area contributed by atoms with Crippen LogP contribution in [-0.2, 0) is 4.79 Å². The third-order valence-electron chi connectivity index (χ3n) is 2.07. The molecule has 0 saturated heterocycles. The van der Waals surface area contributed by atoms with Crippen molar-refractivity contribution in [3.8, 4) is 0 Å². The monoisotopic (exact) mass is 189 g/mol. The first-order valence-corrected chi connectivity index (χ1v) is 4.53. The fourth-order valence-electron chi connectivity index (χ4n) is 1.31. The van der Waals surface area contributed by atoms with Gasteiger partial charge in [0.2, 0.25) is 5.91 Å². The number of nitrogens with one attached hydrogen (secondary N) is 2. The largest absolute Gasteiger partial charge is 0.324 e. The summed E-state index contributed by atoms with van der Waals surface area (Å²) in [6.45, 7) is 1.82. The minimum Gasteiger partial charge on any atom is -0.324 e. The summed E-state index contributed by atoms with van der Waals surface area (Å²) < 4.78 is 0. The van der Waals surface area contributed by atoms with Crippen LogP contribution in [0.2, 0.25) is 0 Å². The van der Waals surface area contributed by atoms with E-state index >= 15 is 0 Å². The van der Waals surface area contributed by atoms with E-state index in [2.05, 4.69) is 15.5 Å². The van der Waals surface area contributed by atoms with Crippen LogP contribution in [0, 0.1) is 0 Å². The molecule has 1 heterocycles. The molecule has 1 aromatic heterocycles. The number of benzene rings is 1. The number of hydrogen-bond donors (Lipinski definition) is 2. The summed E-state index contributed by atoms with van der Waals surface area (Å²) in [5.41, 5.74) is 1.65. The standard InChI is InChI=1S/C10H11N3O/c1-2-9(14)12-8-5-3-4-7-6-11-13-10(7)8/h3-6H,2H2,1H3,(H,11,13)(H,12,14). The predicted molar refractivity (Wildman–Crippen MR) is 55.0 cm³/mol. The minimum absolute atomic E-state index is 0.00657. The number of anilines is 1. The molecule has 2 rings (SSSR count). The van der Waals surface area contributed by atoms with Crippen molar-refractivity contribution in [2.75, 3.05) is 5.32 Å². The van der Waals surface area contributed by atoms with Gasteiger partial charge in [0, 0.05) is 11.8 Å². The Morgan fingerprint density at radius 3 is 3.21 bits per heavy atom. The van der Waals surface area contributed by atoms with Gasteiger partial charge in [-0.2, -0.15) is 5.10 Å². The van der Waals surface area contributed by atoms with E-state index in [1.54, 1.807) is 6.20 Å². The maximum atomic E-state index is 11.2. The molecule has 0 atom stereocenters. The highest BCUT2D eigenvalue weighted by molar-refractivity contribution is 5.99. The topological polar surface area (TPSA) is 57.8 Å². The van der Waals surface area contributed by atoms with Crippen LogP contribution in [0.1, 0.15) is 13.3 Å². The number of carbonyl (C=O) groups excluding carboxylic acids is 1. The summed E-state index contributed by atoms with van der Waals surface area (Å²) in [7, 11) is 0. The lowest BCUT2D eigenvalue weighted by atomic mass is 10.2. The number of H-pyrrole nitrogens is 1. The van der Waals surface area contributed by atoms with Crippen LogP contribution in [0.3, 0.4) is 0 Å². The summed E-state index contributed by atoms with van der Waals surface area (Å²) in [6.07, 6.45) is 2.21. The third kappa shape index (κ3) is 1.46. The second-order valence-corrected chi connectivity index (χ2v) is 3.04. The molecule has 4 nitrogen and oxygen atoms in total. The molecule has 2 aromatic rings. The molecule has 0 aliphatic carbocycles. The molecule has 0 aliphatic heterocycles. The van der Waals surface area contributed by atoms with Crippen molar-refractivity contribution in [3.63, 3.8) is 0 Å². The van der Waals surface area contributed by atoms with Crippen LogP contribution in [0.15, 0.2) is 24.4 Å².